The molecule has 2 atom stereocenters. The maximum absolute atomic E-state index is 11.9. The zero-order valence-electron chi connectivity index (χ0n) is 20.6. The van der Waals surface area contributed by atoms with Gasteiger partial charge in [0.25, 0.3) is 0 Å². The van der Waals surface area contributed by atoms with E-state index in [9.17, 15) is 4.79 Å². The van der Waals surface area contributed by atoms with Crippen LogP contribution in [0.15, 0.2) is 60.9 Å². The smallest absolute Gasteiger partial charge is 0.219 e. The molecule has 1 amide bonds. The van der Waals surface area contributed by atoms with Crippen molar-refractivity contribution in [1.29, 1.82) is 0 Å². The summed E-state index contributed by atoms with van der Waals surface area (Å²) < 4.78 is 3.86. The summed E-state index contributed by atoms with van der Waals surface area (Å²) in [4.78, 5) is 21.1. The second kappa shape index (κ2) is 7.65. The third-order valence-corrected chi connectivity index (χ3v) is 7.74. The van der Waals surface area contributed by atoms with Crippen LogP contribution in [0, 0.1) is 6.92 Å². The monoisotopic (exact) mass is 477 g/mol. The molecule has 180 valence electrons. The van der Waals surface area contributed by atoms with Crippen molar-refractivity contribution < 1.29 is 4.79 Å². The van der Waals surface area contributed by atoms with Gasteiger partial charge in [0.05, 0.1) is 35.0 Å². The number of pyridine rings is 1. The fraction of sp³-hybridized carbons (Fsp3) is 0.286. The van der Waals surface area contributed by atoms with Crippen LogP contribution in [0.4, 0.5) is 5.82 Å². The van der Waals surface area contributed by atoms with Crippen molar-refractivity contribution in [1.82, 2.24) is 29.4 Å². The Morgan fingerprint density at radius 2 is 1.83 bits per heavy atom. The quantitative estimate of drug-likeness (QED) is 0.391. The molecular formula is C28H27N7O. The molecule has 0 spiro atoms. The first-order chi connectivity index (χ1) is 17.5. The molecule has 8 nitrogen and oxygen atoms in total. The van der Waals surface area contributed by atoms with Gasteiger partial charge in [-0.25, -0.2) is 9.67 Å². The fourth-order valence-electron chi connectivity index (χ4n) is 6.10. The van der Waals surface area contributed by atoms with E-state index in [1.54, 1.807) is 6.92 Å². The molecule has 3 aromatic heterocycles. The third kappa shape index (κ3) is 3.07. The molecule has 36 heavy (non-hydrogen) atoms. The summed E-state index contributed by atoms with van der Waals surface area (Å²) in [6.45, 7) is 5.42. The molecule has 0 radical (unpaired) electrons. The number of nitrogens with zero attached hydrogens (tertiary/aromatic N) is 7. The molecule has 2 aliphatic heterocycles. The lowest BCUT2D eigenvalue weighted by molar-refractivity contribution is -0.129. The van der Waals surface area contributed by atoms with Crippen LogP contribution >= 0.6 is 0 Å². The van der Waals surface area contributed by atoms with Crippen LogP contribution in [-0.2, 0) is 11.8 Å². The van der Waals surface area contributed by atoms with Gasteiger partial charge in [-0.2, -0.15) is 10.2 Å². The molecule has 0 unspecified atom stereocenters. The van der Waals surface area contributed by atoms with Crippen molar-refractivity contribution in [3.63, 3.8) is 0 Å². The number of carbonyl (C=O) groups excluding carboxylic acids is 1. The number of para-hydroxylation sites is 1. The van der Waals surface area contributed by atoms with Gasteiger partial charge in [0, 0.05) is 49.6 Å². The molecule has 0 saturated carbocycles. The number of hydrogen-bond acceptors (Lipinski definition) is 5. The van der Waals surface area contributed by atoms with Crippen LogP contribution in [-0.4, -0.2) is 60.5 Å². The Bertz CT molecular complexity index is 1650. The van der Waals surface area contributed by atoms with Gasteiger partial charge in [-0.15, -0.1) is 0 Å². The Hall–Kier alpha value is -4.20. The number of likely N-dealkylation sites (tertiary alicyclic amines) is 1. The number of benzene rings is 2. The minimum Gasteiger partial charge on any atom is -0.350 e. The van der Waals surface area contributed by atoms with Crippen molar-refractivity contribution in [2.45, 2.75) is 32.4 Å². The van der Waals surface area contributed by atoms with E-state index in [1.165, 1.54) is 0 Å². The van der Waals surface area contributed by atoms with Gasteiger partial charge < -0.3 is 9.80 Å². The van der Waals surface area contributed by atoms with Crippen LogP contribution in [0.5, 0.6) is 0 Å². The molecule has 5 heterocycles. The van der Waals surface area contributed by atoms with Crippen molar-refractivity contribution in [3.8, 4) is 16.9 Å². The number of anilines is 1. The predicted octanol–water partition coefficient (Wildman–Crippen LogP) is 4.09. The minimum absolute atomic E-state index is 0.171. The van der Waals surface area contributed by atoms with Gasteiger partial charge >= 0.3 is 0 Å². The Morgan fingerprint density at radius 1 is 0.972 bits per heavy atom. The summed E-state index contributed by atoms with van der Waals surface area (Å²) in [5, 5.41) is 11.9. The predicted molar refractivity (Wildman–Crippen MR) is 140 cm³/mol. The summed E-state index contributed by atoms with van der Waals surface area (Å²) in [6.07, 6.45) is 4.99. The Balaban J connectivity index is 1.30. The van der Waals surface area contributed by atoms with Crippen molar-refractivity contribution >= 4 is 33.5 Å². The van der Waals surface area contributed by atoms with E-state index in [-0.39, 0.29) is 5.91 Å². The number of aromatic nitrogens is 5. The molecule has 8 heteroatoms. The second-order valence-corrected chi connectivity index (χ2v) is 10.0. The Morgan fingerprint density at radius 3 is 2.58 bits per heavy atom. The third-order valence-electron chi connectivity index (χ3n) is 7.74. The minimum atomic E-state index is 0.171. The van der Waals surface area contributed by atoms with Gasteiger partial charge in [-0.05, 0) is 37.1 Å². The first-order valence-electron chi connectivity index (χ1n) is 12.4. The highest BCUT2D eigenvalue weighted by Crippen LogP contribution is 2.36. The van der Waals surface area contributed by atoms with Crippen LogP contribution in [0.2, 0.25) is 0 Å². The Kier molecular flexibility index (Phi) is 4.49. The summed E-state index contributed by atoms with van der Waals surface area (Å²) >= 11 is 0. The van der Waals surface area contributed by atoms with Gasteiger partial charge in [0.15, 0.2) is 0 Å². The molecule has 5 aromatic rings. The molecule has 2 saturated heterocycles. The molecule has 7 rings (SSSR count). The summed E-state index contributed by atoms with van der Waals surface area (Å²) in [7, 11) is 1.95. The van der Waals surface area contributed by atoms with E-state index in [1.807, 2.05) is 39.6 Å². The van der Waals surface area contributed by atoms with E-state index in [0.717, 1.165) is 69.6 Å². The lowest BCUT2D eigenvalue weighted by Gasteiger charge is -2.34. The van der Waals surface area contributed by atoms with Crippen LogP contribution < -0.4 is 4.90 Å². The van der Waals surface area contributed by atoms with Gasteiger partial charge in [-0.1, -0.05) is 30.3 Å². The first-order valence-corrected chi connectivity index (χ1v) is 12.4. The highest BCUT2D eigenvalue weighted by molar-refractivity contribution is 6.03. The average Bonchev–Trinajstić information content (AvgIpc) is 3.65. The molecule has 0 aliphatic carbocycles. The van der Waals surface area contributed by atoms with Crippen molar-refractivity contribution in [3.05, 3.63) is 66.5 Å². The first kappa shape index (κ1) is 21.1. The van der Waals surface area contributed by atoms with E-state index >= 15 is 0 Å². The average molecular weight is 478 g/mol. The largest absolute Gasteiger partial charge is 0.350 e. The number of aryl methyl sites for hydroxylation is 2. The van der Waals surface area contributed by atoms with E-state index in [2.05, 4.69) is 59.5 Å². The van der Waals surface area contributed by atoms with Gasteiger partial charge in [-0.3, -0.25) is 9.48 Å². The maximum atomic E-state index is 11.9. The molecule has 2 aliphatic rings. The van der Waals surface area contributed by atoms with E-state index in [4.69, 9.17) is 10.1 Å². The van der Waals surface area contributed by atoms with Gasteiger partial charge in [0.1, 0.15) is 11.5 Å². The van der Waals surface area contributed by atoms with Crippen LogP contribution in [0.1, 0.15) is 18.9 Å². The van der Waals surface area contributed by atoms with Crippen molar-refractivity contribution in [2.75, 3.05) is 18.0 Å². The topological polar surface area (TPSA) is 72.1 Å². The lowest BCUT2D eigenvalue weighted by atomic mass is 10.0. The maximum Gasteiger partial charge on any atom is 0.219 e. The van der Waals surface area contributed by atoms with Crippen molar-refractivity contribution in [2.24, 2.45) is 7.05 Å². The Labute approximate surface area is 208 Å². The molecule has 2 fully saturated rings. The summed E-state index contributed by atoms with van der Waals surface area (Å²) in [6, 6.07) is 17.4. The van der Waals surface area contributed by atoms with E-state index < -0.39 is 0 Å². The van der Waals surface area contributed by atoms with Gasteiger partial charge in [0.2, 0.25) is 5.91 Å². The SMILES string of the molecule is CC(=O)N1C[C@@H]2C[C@H]1CN2c1ccc(-n2nc(-c3cccc4nn(C)cc34)c3cccc(C)c32)cn1. The fourth-order valence-corrected chi connectivity index (χ4v) is 6.10. The molecule has 2 bridgehead atoms. The number of fused-ring (bicyclic) bond motifs is 4. The number of amides is 1. The number of rotatable bonds is 3. The molecule has 2 aromatic carbocycles. The number of hydrogen-bond donors (Lipinski definition) is 0. The normalized spacial score (nSPS) is 19.2. The highest BCUT2D eigenvalue weighted by Gasteiger charge is 2.44. The van der Waals surface area contributed by atoms with Crippen LogP contribution in [0.3, 0.4) is 0 Å². The highest BCUT2D eigenvalue weighted by atomic mass is 16.2. The zero-order valence-corrected chi connectivity index (χ0v) is 20.6. The lowest BCUT2D eigenvalue weighted by Crippen LogP contribution is -2.48. The standard InChI is InChI=1S/C28H27N7O/c1-17-6-4-8-23-27(22-7-5-9-25-24(22)16-32(3)30-25)31-35(28(17)23)19-10-11-26(29-13-19)34-15-20-12-21(34)14-33(20)18(2)36/h4-11,13,16,20-21H,12,14-15H2,1-3H3/t20-,21-/m0/s1. The second-order valence-electron chi connectivity index (χ2n) is 10.0. The molecule has 0 N–H and O–H groups in total. The zero-order chi connectivity index (χ0) is 24.6. The molecular weight excluding hydrogens is 450 g/mol. The number of piperazine rings is 1. The number of carbonyl (C=O) groups is 1. The van der Waals surface area contributed by atoms with E-state index in [0.29, 0.717) is 12.1 Å². The van der Waals surface area contributed by atoms with Crippen LogP contribution in [0.25, 0.3) is 38.8 Å². The summed E-state index contributed by atoms with van der Waals surface area (Å²) in [5.41, 5.74) is 6.15. The summed E-state index contributed by atoms with van der Waals surface area (Å²) in [5.74, 6) is 1.13.